The van der Waals surface area contributed by atoms with E-state index in [2.05, 4.69) is 15.9 Å². The fourth-order valence-electron chi connectivity index (χ4n) is 0.918. The van der Waals surface area contributed by atoms with Crippen molar-refractivity contribution in [1.29, 1.82) is 0 Å². The highest BCUT2D eigenvalue weighted by Gasteiger charge is 2.24. The highest BCUT2D eigenvalue weighted by atomic mass is 79.9. The Morgan fingerprint density at radius 3 is 2.77 bits per heavy atom. The summed E-state index contributed by atoms with van der Waals surface area (Å²) in [5.74, 6) is -0.438. The Morgan fingerprint density at radius 2 is 2.31 bits per heavy atom. The third-order valence-corrected chi connectivity index (χ3v) is 2.26. The van der Waals surface area contributed by atoms with Crippen LogP contribution in [-0.4, -0.2) is 18.5 Å². The molecule has 0 unspecified atom stereocenters. The van der Waals surface area contributed by atoms with Gasteiger partial charge in [-0.2, -0.15) is 0 Å². The van der Waals surface area contributed by atoms with Gasteiger partial charge in [0.1, 0.15) is 10.2 Å². The first-order valence-corrected chi connectivity index (χ1v) is 4.71. The van der Waals surface area contributed by atoms with Crippen molar-refractivity contribution in [3.8, 4) is 0 Å². The van der Waals surface area contributed by atoms with Gasteiger partial charge in [-0.05, 0) is 22.9 Å². The third-order valence-electron chi connectivity index (χ3n) is 1.49. The van der Waals surface area contributed by atoms with Gasteiger partial charge >= 0.3 is 11.9 Å². The van der Waals surface area contributed by atoms with E-state index in [1.807, 2.05) is 0 Å². The first-order chi connectivity index (χ1) is 6.15. The lowest BCUT2D eigenvalue weighted by Crippen LogP contribution is -2.06. The Morgan fingerprint density at radius 1 is 1.62 bits per heavy atom. The number of allylic oxidation sites excluding steroid dienone is 1. The van der Waals surface area contributed by atoms with Gasteiger partial charge < -0.3 is 9.47 Å². The molecule has 72 valence electrons. The molecule has 0 aromatic rings. The molecule has 1 fully saturated rings. The Labute approximate surface area is 84.0 Å². The van der Waals surface area contributed by atoms with E-state index in [4.69, 9.17) is 9.47 Å². The molecule has 0 spiro atoms. The SMILES string of the molecule is CCOC(=O)/C(Br)=C1\CCC(=O)O1. The van der Waals surface area contributed by atoms with Crippen LogP contribution in [0.15, 0.2) is 10.2 Å². The molecule has 0 N–H and O–H groups in total. The second kappa shape index (κ2) is 4.41. The Bertz CT molecular complexity index is 269. The molecule has 13 heavy (non-hydrogen) atoms. The summed E-state index contributed by atoms with van der Waals surface area (Å²) >= 11 is 3.03. The van der Waals surface area contributed by atoms with Crippen LogP contribution in [0.2, 0.25) is 0 Å². The van der Waals surface area contributed by atoms with Crippen LogP contribution in [0, 0.1) is 0 Å². The topological polar surface area (TPSA) is 52.6 Å². The summed E-state index contributed by atoms with van der Waals surface area (Å²) in [4.78, 5) is 21.8. The van der Waals surface area contributed by atoms with Crippen LogP contribution in [0.25, 0.3) is 0 Å². The minimum Gasteiger partial charge on any atom is -0.462 e. The molecule has 0 aromatic carbocycles. The van der Waals surface area contributed by atoms with E-state index < -0.39 is 5.97 Å². The predicted octanol–water partition coefficient (Wildman–Crippen LogP) is 1.49. The molecule has 5 heteroatoms. The smallest absolute Gasteiger partial charge is 0.348 e. The van der Waals surface area contributed by atoms with Crippen molar-refractivity contribution in [2.75, 3.05) is 6.61 Å². The minimum atomic E-state index is -0.493. The second-order valence-electron chi connectivity index (χ2n) is 2.43. The van der Waals surface area contributed by atoms with Crippen LogP contribution in [0.1, 0.15) is 19.8 Å². The van der Waals surface area contributed by atoms with Crippen molar-refractivity contribution < 1.29 is 19.1 Å². The number of hydrogen-bond acceptors (Lipinski definition) is 4. The standard InChI is InChI=1S/C8H9BrO4/c1-2-12-8(11)7(9)5-3-4-6(10)13-5/h2-4H2,1H3/b7-5-. The molecule has 1 aliphatic rings. The molecule has 0 aliphatic carbocycles. The second-order valence-corrected chi connectivity index (χ2v) is 3.22. The maximum absolute atomic E-state index is 11.1. The van der Waals surface area contributed by atoms with Crippen molar-refractivity contribution in [2.45, 2.75) is 19.8 Å². The van der Waals surface area contributed by atoms with Crippen molar-refractivity contribution >= 4 is 27.9 Å². The summed E-state index contributed by atoms with van der Waals surface area (Å²) in [6, 6.07) is 0. The van der Waals surface area contributed by atoms with Gasteiger partial charge in [0.25, 0.3) is 0 Å². The molecule has 0 atom stereocenters. The number of rotatable bonds is 2. The molecule has 1 saturated heterocycles. The molecule has 0 aromatic heterocycles. The van der Waals surface area contributed by atoms with Crippen molar-refractivity contribution in [1.82, 2.24) is 0 Å². The third kappa shape index (κ3) is 2.55. The molecule has 4 nitrogen and oxygen atoms in total. The molecular formula is C8H9BrO4. The fraction of sp³-hybridized carbons (Fsp3) is 0.500. The van der Waals surface area contributed by atoms with Gasteiger partial charge in [-0.1, -0.05) is 0 Å². The first kappa shape index (κ1) is 10.2. The lowest BCUT2D eigenvalue weighted by Gasteiger charge is -2.02. The van der Waals surface area contributed by atoms with Crippen LogP contribution in [0.4, 0.5) is 0 Å². The molecule has 0 bridgehead atoms. The fourth-order valence-corrected chi connectivity index (χ4v) is 1.31. The maximum Gasteiger partial charge on any atom is 0.348 e. The minimum absolute atomic E-state index is 0.209. The zero-order valence-electron chi connectivity index (χ0n) is 7.13. The molecular weight excluding hydrogens is 240 g/mol. The average Bonchev–Trinajstić information content (AvgIpc) is 2.51. The average molecular weight is 249 g/mol. The zero-order valence-corrected chi connectivity index (χ0v) is 8.72. The molecule has 0 saturated carbocycles. The van der Waals surface area contributed by atoms with Crippen LogP contribution >= 0.6 is 15.9 Å². The van der Waals surface area contributed by atoms with E-state index >= 15 is 0 Å². The monoisotopic (exact) mass is 248 g/mol. The summed E-state index contributed by atoms with van der Waals surface area (Å²) in [7, 11) is 0. The van der Waals surface area contributed by atoms with E-state index in [9.17, 15) is 9.59 Å². The summed E-state index contributed by atoms with van der Waals surface area (Å²) in [5, 5.41) is 0. The maximum atomic E-state index is 11.1. The van der Waals surface area contributed by atoms with Crippen LogP contribution in [0.3, 0.4) is 0 Å². The van der Waals surface area contributed by atoms with Crippen LogP contribution < -0.4 is 0 Å². The van der Waals surface area contributed by atoms with Gasteiger partial charge in [-0.3, -0.25) is 4.79 Å². The predicted molar refractivity (Wildman–Crippen MR) is 47.9 cm³/mol. The van der Waals surface area contributed by atoms with Crippen molar-refractivity contribution in [2.24, 2.45) is 0 Å². The lowest BCUT2D eigenvalue weighted by molar-refractivity contribution is -0.138. The molecule has 1 heterocycles. The number of halogens is 1. The van der Waals surface area contributed by atoms with Gasteiger partial charge in [-0.25, -0.2) is 4.79 Å². The van der Waals surface area contributed by atoms with E-state index in [0.717, 1.165) is 0 Å². The normalized spacial score (nSPS) is 19.7. The summed E-state index contributed by atoms with van der Waals surface area (Å²) in [6.07, 6.45) is 0.780. The van der Waals surface area contributed by atoms with Gasteiger partial charge in [0.05, 0.1) is 13.0 Å². The van der Waals surface area contributed by atoms with Gasteiger partial charge in [0.15, 0.2) is 0 Å². The molecule has 1 rings (SSSR count). The van der Waals surface area contributed by atoms with Gasteiger partial charge in [0, 0.05) is 6.42 Å². The highest BCUT2D eigenvalue weighted by molar-refractivity contribution is 9.12. The van der Waals surface area contributed by atoms with E-state index in [0.29, 0.717) is 25.2 Å². The highest BCUT2D eigenvalue weighted by Crippen LogP contribution is 2.25. The molecule has 0 radical (unpaired) electrons. The Balaban J connectivity index is 2.68. The van der Waals surface area contributed by atoms with Crippen molar-refractivity contribution in [3.05, 3.63) is 10.2 Å². The largest absolute Gasteiger partial charge is 0.462 e. The van der Waals surface area contributed by atoms with Gasteiger partial charge in [-0.15, -0.1) is 0 Å². The lowest BCUT2D eigenvalue weighted by atomic mass is 10.3. The molecule has 0 amide bonds. The first-order valence-electron chi connectivity index (χ1n) is 3.91. The van der Waals surface area contributed by atoms with Crippen LogP contribution in [-0.2, 0) is 19.1 Å². The number of esters is 2. The molecule has 1 aliphatic heterocycles. The zero-order chi connectivity index (χ0) is 9.84. The number of ether oxygens (including phenoxy) is 2. The summed E-state index contributed by atoms with van der Waals surface area (Å²) in [5.41, 5.74) is 0. The quantitative estimate of drug-likeness (QED) is 0.549. The van der Waals surface area contributed by atoms with Crippen LogP contribution in [0.5, 0.6) is 0 Å². The van der Waals surface area contributed by atoms with E-state index in [1.165, 1.54) is 0 Å². The van der Waals surface area contributed by atoms with E-state index in [-0.39, 0.29) is 10.5 Å². The van der Waals surface area contributed by atoms with Crippen molar-refractivity contribution in [3.63, 3.8) is 0 Å². The number of carbonyl (C=O) groups excluding carboxylic acids is 2. The van der Waals surface area contributed by atoms with Gasteiger partial charge in [0.2, 0.25) is 0 Å². The number of hydrogen-bond donors (Lipinski definition) is 0. The Hall–Kier alpha value is -0.840. The summed E-state index contributed by atoms with van der Waals surface area (Å²) in [6.45, 7) is 2.01. The Kier molecular flexibility index (Phi) is 3.48. The number of cyclic esters (lactones) is 1. The number of carbonyl (C=O) groups is 2. The van der Waals surface area contributed by atoms with E-state index in [1.54, 1.807) is 6.92 Å². The summed E-state index contributed by atoms with van der Waals surface area (Å²) < 4.78 is 9.71.